The molecule has 3 heterocycles. The Morgan fingerprint density at radius 1 is 1.32 bits per heavy atom. The quantitative estimate of drug-likeness (QED) is 0.351. The van der Waals surface area contributed by atoms with Crippen LogP contribution in [0.15, 0.2) is 29.5 Å². The summed E-state index contributed by atoms with van der Waals surface area (Å²) in [5, 5.41) is 27.1. The third kappa shape index (κ3) is 5.16. The molecule has 2 saturated carbocycles. The summed E-state index contributed by atoms with van der Waals surface area (Å²) in [5.41, 5.74) is -0.192. The Morgan fingerprint density at radius 3 is 2.76 bits per heavy atom. The lowest BCUT2D eigenvalue weighted by Gasteiger charge is -2.16. The van der Waals surface area contributed by atoms with Gasteiger partial charge in [-0.1, -0.05) is 0 Å². The Morgan fingerprint density at radius 2 is 2.11 bits per heavy atom. The Hall–Kier alpha value is -4.46. The number of anilines is 1. The SMILES string of the molecule is [2H]C([2H])([2H])NC(=O)c1nn(COC(=O)C2(O)CC2)c(NC(=O)C2CC2)cc1=Nc1nccc(-c2cnn(C)n2)c1C. The molecule has 0 saturated heterocycles. The molecule has 2 fully saturated rings. The number of hydrogen-bond donors (Lipinski definition) is 3. The lowest BCUT2D eigenvalue weighted by Crippen LogP contribution is -2.33. The summed E-state index contributed by atoms with van der Waals surface area (Å²) in [6.07, 6.45) is 4.97. The predicted octanol–water partition coefficient (Wildman–Crippen LogP) is 0.348. The largest absolute Gasteiger partial charge is 0.440 e. The number of rotatable bonds is 8. The van der Waals surface area contributed by atoms with Crippen LogP contribution >= 0.6 is 0 Å². The fourth-order valence-corrected chi connectivity index (χ4v) is 3.65. The summed E-state index contributed by atoms with van der Waals surface area (Å²) in [6, 6.07) is 3.04. The third-order valence-electron chi connectivity index (χ3n) is 6.24. The van der Waals surface area contributed by atoms with Gasteiger partial charge < -0.3 is 20.5 Å². The van der Waals surface area contributed by atoms with Crippen molar-refractivity contribution in [2.45, 2.75) is 44.9 Å². The average Bonchev–Trinajstić information content (AvgIpc) is 3.83. The van der Waals surface area contributed by atoms with Gasteiger partial charge in [-0.05, 0) is 38.7 Å². The molecule has 2 aliphatic rings. The van der Waals surface area contributed by atoms with Gasteiger partial charge >= 0.3 is 5.97 Å². The summed E-state index contributed by atoms with van der Waals surface area (Å²) >= 11 is 0. The van der Waals surface area contributed by atoms with E-state index in [0.717, 1.165) is 4.68 Å². The topological polar surface area (TPSA) is 179 Å². The maximum atomic E-state index is 13.1. The molecule has 5 rings (SSSR count). The van der Waals surface area contributed by atoms with E-state index in [9.17, 15) is 19.5 Å². The van der Waals surface area contributed by atoms with Gasteiger partial charge in [-0.3, -0.25) is 9.59 Å². The van der Waals surface area contributed by atoms with Crippen molar-refractivity contribution in [3.05, 3.63) is 41.1 Å². The Labute approximate surface area is 221 Å². The highest BCUT2D eigenvalue weighted by Gasteiger charge is 2.49. The Bertz CT molecular complexity index is 1610. The first-order valence-corrected chi connectivity index (χ1v) is 11.9. The van der Waals surface area contributed by atoms with E-state index in [1.165, 1.54) is 17.1 Å². The second kappa shape index (κ2) is 9.78. The molecule has 3 aromatic rings. The van der Waals surface area contributed by atoms with Crippen molar-refractivity contribution in [2.75, 3.05) is 12.3 Å². The molecular weight excluding hydrogens is 494 g/mol. The van der Waals surface area contributed by atoms with Gasteiger partial charge in [-0.2, -0.15) is 20.1 Å². The maximum absolute atomic E-state index is 13.1. The Kier molecular flexibility index (Phi) is 5.56. The molecule has 0 aromatic carbocycles. The number of aryl methyl sites for hydroxylation is 1. The molecule has 3 N–H and O–H groups in total. The molecule has 3 aromatic heterocycles. The molecule has 2 aliphatic carbocycles. The summed E-state index contributed by atoms with van der Waals surface area (Å²) in [6.45, 7) is -1.68. The molecule has 2 amide bonds. The molecule has 0 bridgehead atoms. The van der Waals surface area contributed by atoms with Crippen LogP contribution in [0.5, 0.6) is 0 Å². The van der Waals surface area contributed by atoms with E-state index >= 15 is 0 Å². The number of carbonyl (C=O) groups is 3. The van der Waals surface area contributed by atoms with E-state index in [1.807, 2.05) is 5.32 Å². The highest BCUT2D eigenvalue weighted by molar-refractivity contribution is 5.94. The van der Waals surface area contributed by atoms with Crippen molar-refractivity contribution in [2.24, 2.45) is 18.0 Å². The van der Waals surface area contributed by atoms with Gasteiger partial charge in [0, 0.05) is 47.4 Å². The minimum absolute atomic E-state index is 0.0319. The van der Waals surface area contributed by atoms with Crippen LogP contribution < -0.4 is 16.0 Å². The van der Waals surface area contributed by atoms with Gasteiger partial charge in [0.1, 0.15) is 16.9 Å². The second-order valence-corrected chi connectivity index (χ2v) is 9.21. The minimum Gasteiger partial charge on any atom is -0.440 e. The zero-order chi connectivity index (χ0) is 29.5. The average molecular weight is 525 g/mol. The molecule has 38 heavy (non-hydrogen) atoms. The third-order valence-corrected chi connectivity index (χ3v) is 6.24. The number of aliphatic hydroxyl groups is 1. The lowest BCUT2D eigenvalue weighted by atomic mass is 10.1. The highest BCUT2D eigenvalue weighted by Crippen LogP contribution is 2.36. The van der Waals surface area contributed by atoms with Crippen molar-refractivity contribution in [3.63, 3.8) is 0 Å². The molecular formula is C24H27N9O5. The van der Waals surface area contributed by atoms with E-state index in [-0.39, 0.29) is 41.7 Å². The second-order valence-electron chi connectivity index (χ2n) is 9.21. The van der Waals surface area contributed by atoms with Crippen molar-refractivity contribution < 1.29 is 28.3 Å². The maximum Gasteiger partial charge on any atom is 0.339 e. The van der Waals surface area contributed by atoms with Gasteiger partial charge in [0.15, 0.2) is 23.8 Å². The first-order valence-electron chi connectivity index (χ1n) is 13.4. The standard InChI is InChI=1S/C24H27N9O5/c1-13-15(17-11-27-32(3)30-17)6-9-26-20(13)28-16-10-18(29-21(34)14-4-5-14)33(31-19(16)22(35)25-2)12-38-23(36)24(37)7-8-24/h6,9-11,14,37H,4-5,7-8,12H2,1-3H3,(H,25,35)(H,29,34)/i2D3. The summed E-state index contributed by atoms with van der Waals surface area (Å²) in [5.74, 6) is -2.27. The zero-order valence-corrected chi connectivity index (χ0v) is 20.6. The fourth-order valence-electron chi connectivity index (χ4n) is 3.65. The minimum atomic E-state index is -2.85. The number of nitrogens with one attached hydrogen (secondary N) is 2. The van der Waals surface area contributed by atoms with E-state index in [1.54, 1.807) is 26.2 Å². The molecule has 14 heteroatoms. The monoisotopic (exact) mass is 524 g/mol. The number of nitrogens with zero attached hydrogens (tertiary/aromatic N) is 7. The van der Waals surface area contributed by atoms with E-state index in [2.05, 4.69) is 30.6 Å². The molecule has 0 spiro atoms. The molecule has 198 valence electrons. The molecule has 0 unspecified atom stereocenters. The van der Waals surface area contributed by atoms with Crippen LogP contribution in [-0.4, -0.2) is 65.2 Å². The van der Waals surface area contributed by atoms with Crippen LogP contribution in [-0.2, 0) is 28.1 Å². The highest BCUT2D eigenvalue weighted by atomic mass is 16.6. The summed E-state index contributed by atoms with van der Waals surface area (Å²) in [7, 11) is 1.67. The van der Waals surface area contributed by atoms with Crippen LogP contribution in [0.25, 0.3) is 11.3 Å². The zero-order valence-electron chi connectivity index (χ0n) is 23.6. The van der Waals surface area contributed by atoms with Crippen LogP contribution in [0, 0.1) is 12.8 Å². The number of esters is 1. The number of aromatic nitrogens is 6. The van der Waals surface area contributed by atoms with Crippen molar-refractivity contribution in [1.82, 2.24) is 35.1 Å². The van der Waals surface area contributed by atoms with Gasteiger partial charge in [0.2, 0.25) is 5.91 Å². The van der Waals surface area contributed by atoms with Gasteiger partial charge in [-0.25, -0.2) is 19.5 Å². The van der Waals surface area contributed by atoms with Gasteiger partial charge in [0.05, 0.1) is 6.20 Å². The summed E-state index contributed by atoms with van der Waals surface area (Å²) in [4.78, 5) is 48.2. The number of pyridine rings is 1. The smallest absolute Gasteiger partial charge is 0.339 e. The number of ether oxygens (including phenoxy) is 1. The molecule has 0 aliphatic heterocycles. The van der Waals surface area contributed by atoms with Crippen molar-refractivity contribution in [1.29, 1.82) is 0 Å². The van der Waals surface area contributed by atoms with E-state index in [0.29, 0.717) is 29.7 Å². The predicted molar refractivity (Wildman–Crippen MR) is 131 cm³/mol. The van der Waals surface area contributed by atoms with Crippen LogP contribution in [0.4, 0.5) is 11.6 Å². The normalized spacial score (nSPS) is 17.7. The fraction of sp³-hybridized carbons (Fsp3) is 0.417. The van der Waals surface area contributed by atoms with Crippen molar-refractivity contribution >= 4 is 29.4 Å². The van der Waals surface area contributed by atoms with Crippen LogP contribution in [0.1, 0.15) is 45.8 Å². The number of hydrogen-bond acceptors (Lipinski definition) is 10. The van der Waals surface area contributed by atoms with Crippen LogP contribution in [0.2, 0.25) is 0 Å². The molecule has 14 nitrogen and oxygen atoms in total. The van der Waals surface area contributed by atoms with Crippen LogP contribution in [0.3, 0.4) is 0 Å². The van der Waals surface area contributed by atoms with Gasteiger partial charge in [-0.15, -0.1) is 0 Å². The number of carbonyl (C=O) groups excluding carboxylic acids is 3. The van der Waals surface area contributed by atoms with E-state index < -0.39 is 36.9 Å². The van der Waals surface area contributed by atoms with E-state index in [4.69, 9.17) is 8.85 Å². The first-order chi connectivity index (χ1) is 19.3. The number of amides is 2. The summed E-state index contributed by atoms with van der Waals surface area (Å²) < 4.78 is 28.6. The van der Waals surface area contributed by atoms with Gasteiger partial charge in [0.25, 0.3) is 5.91 Å². The first kappa shape index (κ1) is 21.6. The van der Waals surface area contributed by atoms with Crippen molar-refractivity contribution in [3.8, 4) is 11.3 Å². The Balaban J connectivity index is 1.62. The molecule has 0 atom stereocenters. The lowest BCUT2D eigenvalue weighted by molar-refractivity contribution is -0.160. The molecule has 0 radical (unpaired) electrons.